The fraction of sp³-hybridized carbons (Fsp3) is 0. The van der Waals surface area contributed by atoms with Crippen LogP contribution < -0.4 is 5.32 Å². The van der Waals surface area contributed by atoms with Gasteiger partial charge in [-0.1, -0.05) is 30.3 Å². The molecule has 0 heterocycles. The maximum absolute atomic E-state index is 10.1. The van der Waals surface area contributed by atoms with Crippen LogP contribution in [-0.4, -0.2) is 6.41 Å². The van der Waals surface area contributed by atoms with Crippen LogP contribution in [0.2, 0.25) is 0 Å². The molecule has 2 aromatic carbocycles. The van der Waals surface area contributed by atoms with E-state index in [2.05, 4.69) is 15.5 Å². The Balaban J connectivity index is 2.02. The van der Waals surface area contributed by atoms with Gasteiger partial charge in [-0.2, -0.15) is 10.2 Å². The zero-order valence-electron chi connectivity index (χ0n) is 9.65. The second kappa shape index (κ2) is 6.30. The summed E-state index contributed by atoms with van der Waals surface area (Å²) < 4.78 is 0. The lowest BCUT2D eigenvalue weighted by molar-refractivity contribution is -0.108. The van der Waals surface area contributed by atoms with Crippen molar-refractivity contribution < 1.29 is 4.79 Å². The van der Waals surface area contributed by atoms with Gasteiger partial charge in [0.15, 0.2) is 0 Å². The van der Waals surface area contributed by atoms with Crippen LogP contribution in [0, 0.1) is 6.54 Å². The minimum absolute atomic E-state index is 0.628. The van der Waals surface area contributed by atoms with Gasteiger partial charge in [0, 0.05) is 0 Å². The SMILES string of the molecule is O=CN[CH]c1ccc(/N=N/c2ccccc2)cc1. The van der Waals surface area contributed by atoms with E-state index in [1.807, 2.05) is 54.6 Å². The molecule has 0 aromatic heterocycles. The van der Waals surface area contributed by atoms with Crippen molar-refractivity contribution in [3.8, 4) is 0 Å². The molecule has 1 radical (unpaired) electrons. The van der Waals surface area contributed by atoms with E-state index in [1.165, 1.54) is 0 Å². The van der Waals surface area contributed by atoms with Crippen molar-refractivity contribution in [2.24, 2.45) is 10.2 Å². The van der Waals surface area contributed by atoms with Crippen LogP contribution in [0.25, 0.3) is 0 Å². The average Bonchev–Trinajstić information content (AvgIpc) is 2.45. The van der Waals surface area contributed by atoms with E-state index < -0.39 is 0 Å². The zero-order chi connectivity index (χ0) is 12.6. The zero-order valence-corrected chi connectivity index (χ0v) is 9.65. The fourth-order valence-electron chi connectivity index (χ4n) is 1.38. The first kappa shape index (κ1) is 12.0. The molecule has 89 valence electrons. The molecule has 0 unspecified atom stereocenters. The number of hydrogen-bond donors (Lipinski definition) is 1. The fourth-order valence-corrected chi connectivity index (χ4v) is 1.38. The molecule has 0 bridgehead atoms. The highest BCUT2D eigenvalue weighted by atomic mass is 16.1. The predicted octanol–water partition coefficient (Wildman–Crippen LogP) is 3.36. The lowest BCUT2D eigenvalue weighted by Gasteiger charge is -1.98. The largest absolute Gasteiger partial charge is 0.349 e. The van der Waals surface area contributed by atoms with Crippen molar-refractivity contribution in [3.63, 3.8) is 0 Å². The first-order valence-corrected chi connectivity index (χ1v) is 5.48. The van der Waals surface area contributed by atoms with E-state index in [-0.39, 0.29) is 0 Å². The van der Waals surface area contributed by atoms with Gasteiger partial charge in [-0.05, 0) is 29.8 Å². The van der Waals surface area contributed by atoms with Gasteiger partial charge in [0.05, 0.1) is 17.9 Å². The van der Waals surface area contributed by atoms with Gasteiger partial charge in [0.2, 0.25) is 6.41 Å². The molecule has 18 heavy (non-hydrogen) atoms. The molecule has 0 fully saturated rings. The Bertz CT molecular complexity index is 520. The van der Waals surface area contributed by atoms with Crippen molar-refractivity contribution in [2.75, 3.05) is 0 Å². The van der Waals surface area contributed by atoms with Gasteiger partial charge in [-0.25, -0.2) is 0 Å². The lowest BCUT2D eigenvalue weighted by Crippen LogP contribution is -2.06. The molecular formula is C14H12N3O. The first-order valence-electron chi connectivity index (χ1n) is 5.48. The Morgan fingerprint density at radius 1 is 0.833 bits per heavy atom. The van der Waals surface area contributed by atoms with E-state index >= 15 is 0 Å². The van der Waals surface area contributed by atoms with Crippen molar-refractivity contribution in [1.82, 2.24) is 5.32 Å². The molecule has 1 N–H and O–H groups in total. The molecule has 0 saturated carbocycles. The summed E-state index contributed by atoms with van der Waals surface area (Å²) in [5, 5.41) is 10.7. The summed E-state index contributed by atoms with van der Waals surface area (Å²) in [4.78, 5) is 10.1. The highest BCUT2D eigenvalue weighted by Crippen LogP contribution is 2.18. The van der Waals surface area contributed by atoms with Crippen LogP contribution in [0.15, 0.2) is 64.8 Å². The number of rotatable bonds is 5. The third kappa shape index (κ3) is 3.52. The van der Waals surface area contributed by atoms with Gasteiger partial charge in [-0.15, -0.1) is 0 Å². The molecule has 2 rings (SSSR count). The smallest absolute Gasteiger partial charge is 0.207 e. The lowest BCUT2D eigenvalue weighted by atomic mass is 10.2. The molecule has 0 aliphatic heterocycles. The van der Waals surface area contributed by atoms with E-state index in [4.69, 9.17) is 0 Å². The number of benzene rings is 2. The molecule has 0 atom stereocenters. The molecule has 4 heteroatoms. The molecule has 2 aromatic rings. The van der Waals surface area contributed by atoms with Crippen LogP contribution in [0.5, 0.6) is 0 Å². The number of carbonyl (C=O) groups excluding carboxylic acids is 1. The van der Waals surface area contributed by atoms with Crippen LogP contribution >= 0.6 is 0 Å². The third-order valence-corrected chi connectivity index (χ3v) is 2.25. The third-order valence-electron chi connectivity index (χ3n) is 2.25. The van der Waals surface area contributed by atoms with Crippen molar-refractivity contribution >= 4 is 17.8 Å². The Morgan fingerprint density at radius 3 is 2.06 bits per heavy atom. The number of carbonyl (C=O) groups is 1. The maximum Gasteiger partial charge on any atom is 0.207 e. The van der Waals surface area contributed by atoms with Crippen LogP contribution in [0.1, 0.15) is 5.56 Å². The van der Waals surface area contributed by atoms with Gasteiger partial charge in [0.25, 0.3) is 0 Å². The summed E-state index contributed by atoms with van der Waals surface area (Å²) in [6.45, 7) is 1.62. The average molecular weight is 238 g/mol. The number of azo groups is 1. The minimum Gasteiger partial charge on any atom is -0.349 e. The molecule has 0 saturated heterocycles. The summed E-state index contributed by atoms with van der Waals surface area (Å²) in [5.41, 5.74) is 2.48. The van der Waals surface area contributed by atoms with Crippen molar-refractivity contribution in [3.05, 3.63) is 66.7 Å². The van der Waals surface area contributed by atoms with Gasteiger partial charge >= 0.3 is 0 Å². The number of hydrogen-bond acceptors (Lipinski definition) is 3. The topological polar surface area (TPSA) is 53.8 Å². The van der Waals surface area contributed by atoms with Gasteiger partial charge in [0.1, 0.15) is 0 Å². The van der Waals surface area contributed by atoms with Crippen LogP contribution in [-0.2, 0) is 4.79 Å². The number of amides is 1. The second-order valence-corrected chi connectivity index (χ2v) is 3.56. The molecule has 0 spiro atoms. The molecule has 1 amide bonds. The Labute approximate surface area is 105 Å². The summed E-state index contributed by atoms with van der Waals surface area (Å²) in [6, 6.07) is 16.9. The molecular weight excluding hydrogens is 226 g/mol. The van der Waals surface area contributed by atoms with Crippen LogP contribution in [0.4, 0.5) is 11.4 Å². The van der Waals surface area contributed by atoms with Gasteiger partial charge < -0.3 is 5.32 Å². The van der Waals surface area contributed by atoms with Crippen LogP contribution in [0.3, 0.4) is 0 Å². The highest BCUT2D eigenvalue weighted by Gasteiger charge is 1.93. The van der Waals surface area contributed by atoms with E-state index in [9.17, 15) is 4.79 Å². The molecule has 0 aliphatic carbocycles. The van der Waals surface area contributed by atoms with Crippen molar-refractivity contribution in [1.29, 1.82) is 0 Å². The second-order valence-electron chi connectivity index (χ2n) is 3.56. The quantitative estimate of drug-likeness (QED) is 0.630. The number of nitrogens with one attached hydrogen (secondary N) is 1. The van der Waals surface area contributed by atoms with Gasteiger partial charge in [-0.3, -0.25) is 4.79 Å². The Morgan fingerprint density at radius 2 is 1.44 bits per heavy atom. The Hall–Kier alpha value is -2.49. The summed E-state index contributed by atoms with van der Waals surface area (Å²) in [5.74, 6) is 0. The van der Waals surface area contributed by atoms with Crippen molar-refractivity contribution in [2.45, 2.75) is 0 Å². The van der Waals surface area contributed by atoms with E-state index in [0.29, 0.717) is 6.41 Å². The maximum atomic E-state index is 10.1. The Kier molecular flexibility index (Phi) is 4.19. The standard InChI is InChI=1S/C14H12N3O/c18-11-15-10-12-6-8-14(9-7-12)17-16-13-4-2-1-3-5-13/h1-11H,(H,15,18)/b17-16+. The monoisotopic (exact) mass is 238 g/mol. The molecule has 0 aliphatic rings. The summed E-state index contributed by atoms with van der Waals surface area (Å²) in [6.07, 6.45) is 0.628. The number of nitrogens with zero attached hydrogens (tertiary/aromatic N) is 2. The van der Waals surface area contributed by atoms with E-state index in [0.717, 1.165) is 16.9 Å². The summed E-state index contributed by atoms with van der Waals surface area (Å²) >= 11 is 0. The minimum atomic E-state index is 0.628. The highest BCUT2D eigenvalue weighted by molar-refractivity contribution is 5.50. The first-order chi connectivity index (χ1) is 8.88. The normalized spacial score (nSPS) is 10.4. The van der Waals surface area contributed by atoms with E-state index in [1.54, 1.807) is 6.54 Å². The molecule has 4 nitrogen and oxygen atoms in total. The summed E-state index contributed by atoms with van der Waals surface area (Å²) in [7, 11) is 0. The predicted molar refractivity (Wildman–Crippen MR) is 69.7 cm³/mol.